The summed E-state index contributed by atoms with van der Waals surface area (Å²) in [5.41, 5.74) is 4.61. The molecular weight excluding hydrogens is 220 g/mol. The number of H-pyrrole nitrogens is 2. The van der Waals surface area contributed by atoms with Crippen molar-refractivity contribution >= 4 is 21.8 Å². The topological polar surface area (TPSA) is 31.6 Å². The number of benzene rings is 2. The molecule has 2 aromatic carbocycles. The molecule has 0 spiro atoms. The van der Waals surface area contributed by atoms with Crippen LogP contribution in [-0.4, -0.2) is 9.97 Å². The lowest BCUT2D eigenvalue weighted by atomic mass is 10.2. The normalized spacial score (nSPS) is 11.3. The Morgan fingerprint density at radius 3 is 1.44 bits per heavy atom. The fraction of sp³-hybridized carbons (Fsp3) is 0. The van der Waals surface area contributed by atoms with Gasteiger partial charge in [0.15, 0.2) is 0 Å². The lowest BCUT2D eigenvalue weighted by Crippen LogP contribution is -1.74. The molecule has 4 rings (SSSR count). The minimum atomic E-state index is 1.13. The number of aromatic nitrogens is 2. The zero-order chi connectivity index (χ0) is 11.9. The molecule has 18 heavy (non-hydrogen) atoms. The van der Waals surface area contributed by atoms with Gasteiger partial charge < -0.3 is 9.97 Å². The first-order chi connectivity index (χ1) is 8.90. The summed E-state index contributed by atoms with van der Waals surface area (Å²) >= 11 is 0. The SMILES string of the molecule is c1ccc2[nH]c(-c3cc4ccccc4[nH]3)cc2c1. The van der Waals surface area contributed by atoms with E-state index in [1.807, 2.05) is 12.1 Å². The maximum Gasteiger partial charge on any atom is 0.0630 e. The van der Waals surface area contributed by atoms with Gasteiger partial charge >= 0.3 is 0 Å². The molecule has 2 heteroatoms. The largest absolute Gasteiger partial charge is 0.353 e. The number of aromatic amines is 2. The molecule has 2 heterocycles. The van der Waals surface area contributed by atoms with Crippen molar-refractivity contribution in [3.05, 3.63) is 60.7 Å². The third-order valence-electron chi connectivity index (χ3n) is 3.35. The molecule has 2 nitrogen and oxygen atoms in total. The highest BCUT2D eigenvalue weighted by Crippen LogP contribution is 2.26. The molecule has 0 aliphatic rings. The van der Waals surface area contributed by atoms with Crippen LogP contribution >= 0.6 is 0 Å². The highest BCUT2D eigenvalue weighted by Gasteiger charge is 2.05. The molecule has 0 radical (unpaired) electrons. The lowest BCUT2D eigenvalue weighted by Gasteiger charge is -1.90. The number of hydrogen-bond acceptors (Lipinski definition) is 0. The van der Waals surface area contributed by atoms with Crippen LogP contribution in [0.15, 0.2) is 60.7 Å². The molecule has 0 unspecified atom stereocenters. The second kappa shape index (κ2) is 3.50. The summed E-state index contributed by atoms with van der Waals surface area (Å²) in [5.74, 6) is 0. The van der Waals surface area contributed by atoms with Crippen LogP contribution in [0.3, 0.4) is 0 Å². The van der Waals surface area contributed by atoms with E-state index in [1.165, 1.54) is 21.8 Å². The quantitative estimate of drug-likeness (QED) is 0.490. The van der Waals surface area contributed by atoms with Crippen molar-refractivity contribution in [2.24, 2.45) is 0 Å². The van der Waals surface area contributed by atoms with E-state index < -0.39 is 0 Å². The van der Waals surface area contributed by atoms with Crippen molar-refractivity contribution in [1.82, 2.24) is 9.97 Å². The Labute approximate surface area is 104 Å². The van der Waals surface area contributed by atoms with Gasteiger partial charge in [-0.15, -0.1) is 0 Å². The molecule has 0 aliphatic heterocycles. The molecule has 0 bridgehead atoms. The molecule has 0 aliphatic carbocycles. The Balaban J connectivity index is 1.95. The molecule has 86 valence electrons. The maximum absolute atomic E-state index is 3.44. The van der Waals surface area contributed by atoms with Gasteiger partial charge in [-0.3, -0.25) is 0 Å². The number of rotatable bonds is 1. The molecular formula is C16H12N2. The number of fused-ring (bicyclic) bond motifs is 2. The van der Waals surface area contributed by atoms with Crippen LogP contribution in [0.5, 0.6) is 0 Å². The van der Waals surface area contributed by atoms with E-state index in [0.29, 0.717) is 0 Å². The molecule has 0 amide bonds. The van der Waals surface area contributed by atoms with Crippen molar-refractivity contribution in [3.63, 3.8) is 0 Å². The fourth-order valence-corrected chi connectivity index (χ4v) is 2.44. The molecule has 4 aromatic rings. The summed E-state index contributed by atoms with van der Waals surface area (Å²) < 4.78 is 0. The number of nitrogens with one attached hydrogen (secondary N) is 2. The van der Waals surface area contributed by atoms with Crippen molar-refractivity contribution in [1.29, 1.82) is 0 Å². The Kier molecular flexibility index (Phi) is 1.86. The molecule has 0 fully saturated rings. The van der Waals surface area contributed by atoms with E-state index in [9.17, 15) is 0 Å². The summed E-state index contributed by atoms with van der Waals surface area (Å²) in [4.78, 5) is 6.88. The van der Waals surface area contributed by atoms with E-state index in [2.05, 4.69) is 58.5 Å². The first kappa shape index (κ1) is 9.54. The van der Waals surface area contributed by atoms with Gasteiger partial charge in [-0.05, 0) is 24.3 Å². The average molecular weight is 232 g/mol. The summed E-state index contributed by atoms with van der Waals surface area (Å²) in [6.45, 7) is 0. The number of hydrogen-bond donors (Lipinski definition) is 2. The minimum Gasteiger partial charge on any atom is -0.353 e. The van der Waals surface area contributed by atoms with Gasteiger partial charge in [-0.2, -0.15) is 0 Å². The van der Waals surface area contributed by atoms with Crippen LogP contribution in [0, 0.1) is 0 Å². The maximum atomic E-state index is 3.44. The Morgan fingerprint density at radius 2 is 1.00 bits per heavy atom. The average Bonchev–Trinajstić information content (AvgIpc) is 3.02. The number of para-hydroxylation sites is 2. The van der Waals surface area contributed by atoms with Gasteiger partial charge in [-0.1, -0.05) is 36.4 Å². The van der Waals surface area contributed by atoms with Gasteiger partial charge in [0.25, 0.3) is 0 Å². The van der Waals surface area contributed by atoms with Crippen molar-refractivity contribution < 1.29 is 0 Å². The predicted molar refractivity (Wildman–Crippen MR) is 75.6 cm³/mol. The third kappa shape index (κ3) is 1.36. The van der Waals surface area contributed by atoms with E-state index in [0.717, 1.165) is 11.4 Å². The van der Waals surface area contributed by atoms with Gasteiger partial charge in [-0.25, -0.2) is 0 Å². The smallest absolute Gasteiger partial charge is 0.0630 e. The highest BCUT2D eigenvalue weighted by molar-refractivity contribution is 5.89. The Bertz CT molecular complexity index is 698. The van der Waals surface area contributed by atoms with Crippen LogP contribution in [-0.2, 0) is 0 Å². The van der Waals surface area contributed by atoms with Crippen LogP contribution in [0.2, 0.25) is 0 Å². The summed E-state index contributed by atoms with van der Waals surface area (Å²) in [5, 5.41) is 2.48. The van der Waals surface area contributed by atoms with Crippen LogP contribution < -0.4 is 0 Å². The van der Waals surface area contributed by atoms with Crippen molar-refractivity contribution in [2.75, 3.05) is 0 Å². The standard InChI is InChI=1S/C16H12N2/c1-3-7-13-11(5-1)9-15(17-13)16-10-12-6-2-4-8-14(12)18-16/h1-10,17-18H. The summed E-state index contributed by atoms with van der Waals surface area (Å²) in [6.07, 6.45) is 0. The zero-order valence-corrected chi connectivity index (χ0v) is 9.77. The second-order valence-corrected chi connectivity index (χ2v) is 4.54. The Hall–Kier alpha value is -2.48. The highest BCUT2D eigenvalue weighted by atomic mass is 14.8. The zero-order valence-electron chi connectivity index (χ0n) is 9.77. The van der Waals surface area contributed by atoms with Crippen LogP contribution in [0.25, 0.3) is 33.2 Å². The third-order valence-corrected chi connectivity index (χ3v) is 3.35. The molecule has 0 atom stereocenters. The van der Waals surface area contributed by atoms with Gasteiger partial charge in [0.2, 0.25) is 0 Å². The van der Waals surface area contributed by atoms with Crippen molar-refractivity contribution in [3.8, 4) is 11.4 Å². The van der Waals surface area contributed by atoms with Crippen LogP contribution in [0.4, 0.5) is 0 Å². The van der Waals surface area contributed by atoms with Gasteiger partial charge in [0.1, 0.15) is 0 Å². The van der Waals surface area contributed by atoms with E-state index in [-0.39, 0.29) is 0 Å². The summed E-state index contributed by atoms with van der Waals surface area (Å²) in [7, 11) is 0. The first-order valence-electron chi connectivity index (χ1n) is 6.06. The molecule has 0 saturated heterocycles. The van der Waals surface area contributed by atoms with Crippen LogP contribution in [0.1, 0.15) is 0 Å². The summed E-state index contributed by atoms with van der Waals surface area (Å²) in [6, 6.07) is 21.0. The fourth-order valence-electron chi connectivity index (χ4n) is 2.44. The van der Waals surface area contributed by atoms with Crippen molar-refractivity contribution in [2.45, 2.75) is 0 Å². The lowest BCUT2D eigenvalue weighted by molar-refractivity contribution is 1.38. The predicted octanol–water partition coefficient (Wildman–Crippen LogP) is 4.32. The first-order valence-corrected chi connectivity index (χ1v) is 6.06. The van der Waals surface area contributed by atoms with Gasteiger partial charge in [0, 0.05) is 21.8 Å². The van der Waals surface area contributed by atoms with Gasteiger partial charge in [0.05, 0.1) is 11.4 Å². The van der Waals surface area contributed by atoms with E-state index >= 15 is 0 Å². The second-order valence-electron chi connectivity index (χ2n) is 4.54. The Morgan fingerprint density at radius 1 is 0.556 bits per heavy atom. The monoisotopic (exact) mass is 232 g/mol. The molecule has 2 aromatic heterocycles. The molecule has 0 saturated carbocycles. The van der Waals surface area contributed by atoms with E-state index in [1.54, 1.807) is 0 Å². The minimum absolute atomic E-state index is 1.13. The molecule has 2 N–H and O–H groups in total. The van der Waals surface area contributed by atoms with E-state index in [4.69, 9.17) is 0 Å².